The largest absolute Gasteiger partial charge is 0.310 e. The molecule has 1 heteroatoms. The molecule has 0 radical (unpaired) electrons. The number of fused-ring (bicyclic) bond motifs is 1. The van der Waals surface area contributed by atoms with Gasteiger partial charge in [-0.2, -0.15) is 0 Å². The minimum Gasteiger partial charge on any atom is -0.310 e. The van der Waals surface area contributed by atoms with Crippen molar-refractivity contribution in [2.45, 2.75) is 25.8 Å². The van der Waals surface area contributed by atoms with Crippen molar-refractivity contribution in [1.29, 1.82) is 0 Å². The number of benzene rings is 1. The van der Waals surface area contributed by atoms with Gasteiger partial charge in [0.05, 0.1) is 0 Å². The van der Waals surface area contributed by atoms with E-state index in [0.717, 1.165) is 11.8 Å². The van der Waals surface area contributed by atoms with Crippen LogP contribution in [0.5, 0.6) is 0 Å². The Morgan fingerprint density at radius 2 is 2.00 bits per heavy atom. The molecule has 1 saturated heterocycles. The fourth-order valence-electron chi connectivity index (χ4n) is 2.74. The summed E-state index contributed by atoms with van der Waals surface area (Å²) in [5, 5.41) is 3.67. The van der Waals surface area contributed by atoms with Crippen molar-refractivity contribution in [3.05, 3.63) is 35.4 Å². The van der Waals surface area contributed by atoms with Crippen LogP contribution in [0.3, 0.4) is 0 Å². The van der Waals surface area contributed by atoms with Crippen LogP contribution in [0, 0.1) is 18.8 Å². The summed E-state index contributed by atoms with van der Waals surface area (Å²) in [6.07, 6.45) is 2.82. The maximum absolute atomic E-state index is 3.67. The lowest BCUT2D eigenvalue weighted by atomic mass is 9.94. The molecule has 1 saturated carbocycles. The molecule has 1 aromatic rings. The minimum absolute atomic E-state index is 0.625. The van der Waals surface area contributed by atoms with Crippen LogP contribution in [-0.4, -0.2) is 6.54 Å². The molecule has 1 heterocycles. The maximum atomic E-state index is 3.67. The summed E-state index contributed by atoms with van der Waals surface area (Å²) in [5.41, 5.74) is 2.95. The number of aryl methyl sites for hydroxylation is 1. The predicted octanol–water partition coefficient (Wildman–Crippen LogP) is 2.67. The number of rotatable bonds is 1. The van der Waals surface area contributed by atoms with Gasteiger partial charge < -0.3 is 5.32 Å². The molecule has 3 rings (SSSR count). The lowest BCUT2D eigenvalue weighted by Gasteiger charge is -2.24. The van der Waals surface area contributed by atoms with Gasteiger partial charge in [-0.05, 0) is 49.3 Å². The van der Waals surface area contributed by atoms with Crippen molar-refractivity contribution in [3.8, 4) is 0 Å². The average molecular weight is 187 g/mol. The topological polar surface area (TPSA) is 12.0 Å². The van der Waals surface area contributed by atoms with Crippen molar-refractivity contribution >= 4 is 0 Å². The third kappa shape index (κ3) is 1.36. The summed E-state index contributed by atoms with van der Waals surface area (Å²) in [4.78, 5) is 0. The van der Waals surface area contributed by atoms with Gasteiger partial charge in [0.1, 0.15) is 0 Å². The lowest BCUT2D eigenvalue weighted by Crippen LogP contribution is -2.29. The van der Waals surface area contributed by atoms with Gasteiger partial charge in [-0.15, -0.1) is 0 Å². The van der Waals surface area contributed by atoms with Crippen LogP contribution in [0.15, 0.2) is 24.3 Å². The summed E-state index contributed by atoms with van der Waals surface area (Å²) in [5.74, 6) is 2.04. The van der Waals surface area contributed by atoms with Crippen LogP contribution >= 0.6 is 0 Å². The summed E-state index contributed by atoms with van der Waals surface area (Å²) >= 11 is 0. The Hall–Kier alpha value is -0.820. The molecule has 3 atom stereocenters. The van der Waals surface area contributed by atoms with E-state index in [1.807, 2.05) is 0 Å². The second kappa shape index (κ2) is 3.09. The first-order valence-electron chi connectivity index (χ1n) is 5.63. The third-order valence-electron chi connectivity index (χ3n) is 3.80. The Morgan fingerprint density at radius 3 is 2.79 bits per heavy atom. The zero-order valence-corrected chi connectivity index (χ0v) is 8.66. The molecule has 0 spiro atoms. The highest BCUT2D eigenvalue weighted by molar-refractivity contribution is 5.29. The Bertz CT molecular complexity index is 345. The Labute approximate surface area is 85.5 Å². The smallest absolute Gasteiger partial charge is 0.0325 e. The molecule has 74 valence electrons. The predicted molar refractivity (Wildman–Crippen MR) is 58.1 cm³/mol. The molecular formula is C13H17N. The maximum Gasteiger partial charge on any atom is 0.0325 e. The number of hydrogen-bond acceptors (Lipinski definition) is 1. The van der Waals surface area contributed by atoms with Gasteiger partial charge in [-0.25, -0.2) is 0 Å². The van der Waals surface area contributed by atoms with Crippen molar-refractivity contribution in [2.24, 2.45) is 11.8 Å². The highest BCUT2D eigenvalue weighted by Crippen LogP contribution is 2.47. The number of piperidine rings is 1. The quantitative estimate of drug-likeness (QED) is 0.712. The van der Waals surface area contributed by atoms with Gasteiger partial charge in [-0.1, -0.05) is 24.3 Å². The van der Waals surface area contributed by atoms with Gasteiger partial charge >= 0.3 is 0 Å². The van der Waals surface area contributed by atoms with Crippen molar-refractivity contribution < 1.29 is 0 Å². The van der Waals surface area contributed by atoms with E-state index in [0.29, 0.717) is 6.04 Å². The third-order valence-corrected chi connectivity index (χ3v) is 3.80. The van der Waals surface area contributed by atoms with Crippen LogP contribution in [0.25, 0.3) is 0 Å². The number of hydrogen-bond donors (Lipinski definition) is 1. The second-order valence-electron chi connectivity index (χ2n) is 4.81. The van der Waals surface area contributed by atoms with E-state index < -0.39 is 0 Å². The monoisotopic (exact) mass is 187 g/mol. The van der Waals surface area contributed by atoms with Gasteiger partial charge in [0, 0.05) is 6.04 Å². The highest BCUT2D eigenvalue weighted by atomic mass is 15.0. The molecule has 14 heavy (non-hydrogen) atoms. The van der Waals surface area contributed by atoms with Crippen LogP contribution in [0.2, 0.25) is 0 Å². The normalized spacial score (nSPS) is 35.1. The van der Waals surface area contributed by atoms with Crippen molar-refractivity contribution in [1.82, 2.24) is 5.32 Å². The van der Waals surface area contributed by atoms with Gasteiger partial charge in [-0.3, -0.25) is 0 Å². The fraction of sp³-hybridized carbons (Fsp3) is 0.538. The van der Waals surface area contributed by atoms with Crippen LogP contribution < -0.4 is 5.32 Å². The molecule has 0 amide bonds. The molecule has 3 unspecified atom stereocenters. The van der Waals surface area contributed by atoms with Crippen LogP contribution in [0.1, 0.15) is 30.0 Å². The molecule has 2 fully saturated rings. The molecule has 1 N–H and O–H groups in total. The van der Waals surface area contributed by atoms with Gasteiger partial charge in [0.25, 0.3) is 0 Å². The van der Waals surface area contributed by atoms with E-state index in [1.165, 1.54) is 30.5 Å². The second-order valence-corrected chi connectivity index (χ2v) is 4.81. The molecule has 1 nitrogen and oxygen atoms in total. The van der Waals surface area contributed by atoms with E-state index in [1.54, 1.807) is 0 Å². The Balaban J connectivity index is 1.84. The summed E-state index contributed by atoms with van der Waals surface area (Å²) in [6.45, 7) is 3.46. The van der Waals surface area contributed by atoms with E-state index in [2.05, 4.69) is 36.5 Å². The van der Waals surface area contributed by atoms with E-state index in [4.69, 9.17) is 0 Å². The molecular weight excluding hydrogens is 170 g/mol. The van der Waals surface area contributed by atoms with Crippen molar-refractivity contribution in [2.75, 3.05) is 6.54 Å². The Kier molecular flexibility index (Phi) is 1.88. The van der Waals surface area contributed by atoms with E-state index >= 15 is 0 Å². The average Bonchev–Trinajstić information content (AvgIpc) is 2.96. The molecule has 1 aromatic carbocycles. The van der Waals surface area contributed by atoms with Crippen LogP contribution in [0.4, 0.5) is 0 Å². The van der Waals surface area contributed by atoms with E-state index in [9.17, 15) is 0 Å². The SMILES string of the molecule is Cc1ccccc1C1CC2CC2CN1. The summed E-state index contributed by atoms with van der Waals surface area (Å²) in [6, 6.07) is 9.40. The van der Waals surface area contributed by atoms with Gasteiger partial charge in [0.15, 0.2) is 0 Å². The van der Waals surface area contributed by atoms with Crippen molar-refractivity contribution in [3.63, 3.8) is 0 Å². The van der Waals surface area contributed by atoms with E-state index in [-0.39, 0.29) is 0 Å². The minimum atomic E-state index is 0.625. The standard InChI is InChI=1S/C13H17N/c1-9-4-2-3-5-12(9)13-7-10-6-11(10)8-14-13/h2-5,10-11,13-14H,6-8H2,1H3. The summed E-state index contributed by atoms with van der Waals surface area (Å²) in [7, 11) is 0. The molecule has 0 aromatic heterocycles. The highest BCUT2D eigenvalue weighted by Gasteiger charge is 2.42. The first-order valence-corrected chi connectivity index (χ1v) is 5.63. The summed E-state index contributed by atoms with van der Waals surface area (Å²) < 4.78 is 0. The van der Waals surface area contributed by atoms with Crippen LogP contribution in [-0.2, 0) is 0 Å². The molecule has 2 aliphatic rings. The molecule has 1 aliphatic heterocycles. The molecule has 0 bridgehead atoms. The fourth-order valence-corrected chi connectivity index (χ4v) is 2.74. The Morgan fingerprint density at radius 1 is 1.14 bits per heavy atom. The zero-order chi connectivity index (χ0) is 9.54. The van der Waals surface area contributed by atoms with Gasteiger partial charge in [0.2, 0.25) is 0 Å². The first-order chi connectivity index (χ1) is 6.84. The lowest BCUT2D eigenvalue weighted by molar-refractivity contribution is 0.394. The molecule has 1 aliphatic carbocycles. The first kappa shape index (κ1) is 8.49. The zero-order valence-electron chi connectivity index (χ0n) is 8.66. The number of nitrogens with one attached hydrogen (secondary N) is 1.